The zero-order valence-electron chi connectivity index (χ0n) is 15.6. The van der Waals surface area contributed by atoms with Crippen LogP contribution in [0.15, 0.2) is 59.2 Å². The normalized spacial score (nSPS) is 14.9. The molecule has 2 aromatic carbocycles. The summed E-state index contributed by atoms with van der Waals surface area (Å²) >= 11 is 9.46. The summed E-state index contributed by atoms with van der Waals surface area (Å²) < 4.78 is 11.9. The van der Waals surface area contributed by atoms with Crippen molar-refractivity contribution in [2.24, 2.45) is 0 Å². The fraction of sp³-hybridized carbons (Fsp3) is 0.143. The highest BCUT2D eigenvalue weighted by atomic mass is 79.9. The Bertz CT molecular complexity index is 1010. The molecule has 29 heavy (non-hydrogen) atoms. The molecule has 0 aromatic heterocycles. The maximum Gasteiger partial charge on any atom is 0.333 e. The number of hydrogen-bond acceptors (Lipinski definition) is 4. The molecule has 8 heteroatoms. The van der Waals surface area contributed by atoms with Crippen LogP contribution in [0.25, 0.3) is 6.08 Å². The molecular weight excluding hydrogens is 460 g/mol. The van der Waals surface area contributed by atoms with Crippen LogP contribution in [0.2, 0.25) is 5.02 Å². The van der Waals surface area contributed by atoms with E-state index in [9.17, 15) is 9.59 Å². The summed E-state index contributed by atoms with van der Waals surface area (Å²) in [5, 5.41) is 3.03. The van der Waals surface area contributed by atoms with Gasteiger partial charge in [-0.1, -0.05) is 46.3 Å². The summed E-state index contributed by atoms with van der Waals surface area (Å²) in [5.41, 5.74) is 1.18. The van der Waals surface area contributed by atoms with E-state index in [1.807, 2.05) is 6.92 Å². The predicted molar refractivity (Wildman–Crippen MR) is 116 cm³/mol. The zero-order valence-corrected chi connectivity index (χ0v) is 17.9. The van der Waals surface area contributed by atoms with E-state index >= 15 is 0 Å². The molecule has 2 aromatic rings. The van der Waals surface area contributed by atoms with E-state index in [2.05, 4.69) is 27.8 Å². The van der Waals surface area contributed by atoms with E-state index in [0.717, 1.165) is 4.90 Å². The van der Waals surface area contributed by atoms with Crippen molar-refractivity contribution in [3.8, 4) is 11.5 Å². The minimum Gasteiger partial charge on any atom is -0.490 e. The van der Waals surface area contributed by atoms with Gasteiger partial charge in [0.05, 0.1) is 12.3 Å². The Kier molecular flexibility index (Phi) is 6.61. The van der Waals surface area contributed by atoms with Gasteiger partial charge in [-0.25, -0.2) is 9.69 Å². The van der Waals surface area contributed by atoms with Crippen LogP contribution in [-0.2, 0) is 4.79 Å². The highest BCUT2D eigenvalue weighted by Gasteiger charge is 2.35. The van der Waals surface area contributed by atoms with Gasteiger partial charge in [0, 0.05) is 9.50 Å². The Labute approximate surface area is 181 Å². The summed E-state index contributed by atoms with van der Waals surface area (Å²) in [6.07, 6.45) is 3.21. The second-order valence-electron chi connectivity index (χ2n) is 5.96. The van der Waals surface area contributed by atoms with Gasteiger partial charge in [0.1, 0.15) is 12.3 Å². The third-order valence-electron chi connectivity index (χ3n) is 3.96. The maximum absolute atomic E-state index is 12.8. The number of imide groups is 1. The quantitative estimate of drug-likeness (QED) is 0.340. The topological polar surface area (TPSA) is 67.9 Å². The molecule has 0 bridgehead atoms. The Morgan fingerprint density at radius 2 is 1.97 bits per heavy atom. The standard InChI is InChI=1S/C21H18BrClN2O4/c1-3-8-29-19-12-16(22)13(10-18(19)28-4-2)9-17-20(26)25(21(27)24-17)15-7-5-6-14(23)11-15/h3,5-7,9-12H,1,4,8H2,2H3,(H,24,27)/b17-9+. The summed E-state index contributed by atoms with van der Waals surface area (Å²) in [6.45, 7) is 6.27. The number of nitrogens with one attached hydrogen (secondary N) is 1. The lowest BCUT2D eigenvalue weighted by atomic mass is 10.1. The molecular formula is C21H18BrClN2O4. The molecule has 0 atom stereocenters. The average Bonchev–Trinajstić information content (AvgIpc) is 2.96. The third-order valence-corrected chi connectivity index (χ3v) is 4.89. The van der Waals surface area contributed by atoms with Crippen molar-refractivity contribution < 1.29 is 19.1 Å². The monoisotopic (exact) mass is 476 g/mol. The maximum atomic E-state index is 12.8. The first-order valence-corrected chi connectivity index (χ1v) is 9.94. The van der Waals surface area contributed by atoms with Gasteiger partial charge in [0.15, 0.2) is 11.5 Å². The number of ether oxygens (including phenoxy) is 2. The molecule has 1 aliphatic heterocycles. The number of carbonyl (C=O) groups excluding carboxylic acids is 2. The van der Waals surface area contributed by atoms with Gasteiger partial charge in [-0.3, -0.25) is 4.79 Å². The van der Waals surface area contributed by atoms with E-state index in [4.69, 9.17) is 21.1 Å². The smallest absolute Gasteiger partial charge is 0.333 e. The summed E-state index contributed by atoms with van der Waals surface area (Å²) in [7, 11) is 0. The molecule has 0 radical (unpaired) electrons. The van der Waals surface area contributed by atoms with Gasteiger partial charge < -0.3 is 14.8 Å². The van der Waals surface area contributed by atoms with Crippen LogP contribution in [-0.4, -0.2) is 25.2 Å². The number of urea groups is 1. The van der Waals surface area contributed by atoms with Crippen LogP contribution in [0.5, 0.6) is 11.5 Å². The zero-order chi connectivity index (χ0) is 21.0. The second kappa shape index (κ2) is 9.15. The Morgan fingerprint density at radius 1 is 1.21 bits per heavy atom. The van der Waals surface area contributed by atoms with Crippen LogP contribution in [0.4, 0.5) is 10.5 Å². The molecule has 150 valence electrons. The fourth-order valence-corrected chi connectivity index (χ4v) is 3.35. The van der Waals surface area contributed by atoms with Gasteiger partial charge in [-0.15, -0.1) is 0 Å². The fourth-order valence-electron chi connectivity index (χ4n) is 2.73. The minimum absolute atomic E-state index is 0.137. The van der Waals surface area contributed by atoms with Crippen molar-refractivity contribution in [1.29, 1.82) is 0 Å². The Morgan fingerprint density at radius 3 is 2.66 bits per heavy atom. The molecule has 1 N–H and O–H groups in total. The highest BCUT2D eigenvalue weighted by Crippen LogP contribution is 2.35. The molecule has 0 aliphatic carbocycles. The number of hydrogen-bond donors (Lipinski definition) is 1. The number of halogens is 2. The van der Waals surface area contributed by atoms with Crippen molar-refractivity contribution in [3.05, 3.63) is 69.8 Å². The van der Waals surface area contributed by atoms with E-state index in [0.29, 0.717) is 45.5 Å². The molecule has 1 heterocycles. The van der Waals surface area contributed by atoms with Gasteiger partial charge >= 0.3 is 6.03 Å². The summed E-state index contributed by atoms with van der Waals surface area (Å²) in [4.78, 5) is 26.2. The number of nitrogens with zero attached hydrogens (tertiary/aromatic N) is 1. The van der Waals surface area contributed by atoms with E-state index in [-0.39, 0.29) is 5.70 Å². The average molecular weight is 478 g/mol. The van der Waals surface area contributed by atoms with Crippen LogP contribution in [0, 0.1) is 0 Å². The van der Waals surface area contributed by atoms with Crippen molar-refractivity contribution >= 4 is 51.2 Å². The van der Waals surface area contributed by atoms with Gasteiger partial charge in [-0.2, -0.15) is 0 Å². The first-order chi connectivity index (χ1) is 13.9. The van der Waals surface area contributed by atoms with Gasteiger partial charge in [0.2, 0.25) is 0 Å². The van der Waals surface area contributed by atoms with Crippen molar-refractivity contribution in [1.82, 2.24) is 5.32 Å². The van der Waals surface area contributed by atoms with Crippen molar-refractivity contribution in [2.75, 3.05) is 18.1 Å². The highest BCUT2D eigenvalue weighted by molar-refractivity contribution is 9.10. The van der Waals surface area contributed by atoms with Gasteiger partial charge in [0.25, 0.3) is 5.91 Å². The van der Waals surface area contributed by atoms with E-state index in [1.54, 1.807) is 48.6 Å². The number of anilines is 1. The van der Waals surface area contributed by atoms with Crippen molar-refractivity contribution in [3.63, 3.8) is 0 Å². The molecule has 0 saturated carbocycles. The SMILES string of the molecule is C=CCOc1cc(Br)c(/C=C2/NC(=O)N(c3cccc(Cl)c3)C2=O)cc1OCC. The molecule has 0 unspecified atom stereocenters. The lowest BCUT2D eigenvalue weighted by Gasteiger charge is -2.13. The Hall–Kier alpha value is -2.77. The summed E-state index contributed by atoms with van der Waals surface area (Å²) in [6, 6.07) is 9.47. The molecule has 1 fully saturated rings. The number of benzene rings is 2. The number of rotatable bonds is 7. The molecule has 3 rings (SSSR count). The number of carbonyl (C=O) groups is 2. The van der Waals surface area contributed by atoms with Gasteiger partial charge in [-0.05, 0) is 48.9 Å². The lowest BCUT2D eigenvalue weighted by molar-refractivity contribution is -0.113. The van der Waals surface area contributed by atoms with Crippen LogP contribution < -0.4 is 19.7 Å². The van der Waals surface area contributed by atoms with Crippen molar-refractivity contribution in [2.45, 2.75) is 6.92 Å². The van der Waals surface area contributed by atoms with Crippen LogP contribution >= 0.6 is 27.5 Å². The second-order valence-corrected chi connectivity index (χ2v) is 7.25. The largest absolute Gasteiger partial charge is 0.490 e. The van der Waals surface area contributed by atoms with Crippen LogP contribution in [0.1, 0.15) is 12.5 Å². The van der Waals surface area contributed by atoms with E-state index in [1.165, 1.54) is 0 Å². The molecule has 3 amide bonds. The lowest BCUT2D eigenvalue weighted by Crippen LogP contribution is -2.30. The molecule has 1 saturated heterocycles. The van der Waals surface area contributed by atoms with Crippen LogP contribution in [0.3, 0.4) is 0 Å². The predicted octanol–water partition coefficient (Wildman–Crippen LogP) is 5.16. The first-order valence-electron chi connectivity index (χ1n) is 8.77. The summed E-state index contributed by atoms with van der Waals surface area (Å²) in [5.74, 6) is 0.588. The minimum atomic E-state index is -0.546. The molecule has 1 aliphatic rings. The molecule has 0 spiro atoms. The third kappa shape index (κ3) is 4.63. The molecule has 6 nitrogen and oxygen atoms in total. The Balaban J connectivity index is 1.95. The first kappa shape index (κ1) is 21.0. The van der Waals surface area contributed by atoms with E-state index < -0.39 is 11.9 Å². The number of amides is 3.